The molecule has 0 aliphatic carbocycles. The molecule has 1 amide bonds. The Bertz CT molecular complexity index is 1050. The van der Waals surface area contributed by atoms with Crippen LogP contribution in [-0.2, 0) is 0 Å². The number of anilines is 4. The number of pyridine rings is 1. The van der Waals surface area contributed by atoms with Crippen molar-refractivity contribution in [2.75, 3.05) is 28.6 Å². The van der Waals surface area contributed by atoms with Crippen molar-refractivity contribution in [1.29, 1.82) is 5.26 Å². The predicted molar refractivity (Wildman–Crippen MR) is 119 cm³/mol. The smallest absolute Gasteiger partial charge is 0.274 e. The van der Waals surface area contributed by atoms with Gasteiger partial charge >= 0.3 is 0 Å². The van der Waals surface area contributed by atoms with Crippen molar-refractivity contribution in [3.05, 3.63) is 78.1 Å². The molecule has 0 unspecified atom stereocenters. The van der Waals surface area contributed by atoms with Gasteiger partial charge in [0.2, 0.25) is 0 Å². The number of nitrogens with zero attached hydrogens (tertiary/aromatic N) is 3. The maximum Gasteiger partial charge on any atom is 0.274 e. The quantitative estimate of drug-likeness (QED) is 0.637. The molecular weight excluding hydrogens is 374 g/mol. The molecule has 1 aliphatic rings. The number of nitriles is 1. The van der Waals surface area contributed by atoms with Crippen molar-refractivity contribution in [3.63, 3.8) is 0 Å². The van der Waals surface area contributed by atoms with E-state index in [1.807, 2.05) is 42.5 Å². The molecule has 0 saturated carbocycles. The summed E-state index contributed by atoms with van der Waals surface area (Å²) in [4.78, 5) is 19.2. The van der Waals surface area contributed by atoms with Crippen LogP contribution >= 0.6 is 0 Å². The van der Waals surface area contributed by atoms with Crippen LogP contribution in [0.4, 0.5) is 22.7 Å². The summed E-state index contributed by atoms with van der Waals surface area (Å²) in [5.41, 5.74) is 4.22. The summed E-state index contributed by atoms with van der Waals surface area (Å²) in [5, 5.41) is 15.2. The third-order valence-corrected chi connectivity index (χ3v) is 5.17. The van der Waals surface area contributed by atoms with E-state index < -0.39 is 0 Å². The van der Waals surface area contributed by atoms with Gasteiger partial charge < -0.3 is 15.5 Å². The van der Waals surface area contributed by atoms with E-state index in [-0.39, 0.29) is 5.91 Å². The summed E-state index contributed by atoms with van der Waals surface area (Å²) in [7, 11) is 0. The Morgan fingerprint density at radius 1 is 0.933 bits per heavy atom. The maximum atomic E-state index is 12.5. The Labute approximate surface area is 176 Å². The normalized spacial score (nSPS) is 13.4. The molecule has 1 aliphatic heterocycles. The third kappa shape index (κ3) is 4.58. The van der Waals surface area contributed by atoms with Crippen LogP contribution in [0.5, 0.6) is 0 Å². The monoisotopic (exact) mass is 397 g/mol. The summed E-state index contributed by atoms with van der Waals surface area (Å²) < 4.78 is 0. The van der Waals surface area contributed by atoms with Gasteiger partial charge in [-0.25, -0.2) is 4.98 Å². The van der Waals surface area contributed by atoms with Crippen molar-refractivity contribution >= 4 is 28.7 Å². The highest BCUT2D eigenvalue weighted by Gasteiger charge is 2.12. The first-order valence-corrected chi connectivity index (χ1v) is 10.1. The molecule has 6 heteroatoms. The SMILES string of the molecule is N#Cc1ccccc1Nc1ccc(C(=O)Nc2ccc(N3CCCCC3)cc2)nc1. The Balaban J connectivity index is 1.38. The first-order valence-electron chi connectivity index (χ1n) is 10.1. The van der Waals surface area contributed by atoms with Crippen LogP contribution in [0.2, 0.25) is 0 Å². The van der Waals surface area contributed by atoms with Crippen molar-refractivity contribution in [2.24, 2.45) is 0 Å². The summed E-state index contributed by atoms with van der Waals surface area (Å²) in [6.07, 6.45) is 5.35. The Kier molecular flexibility index (Phi) is 5.90. The maximum absolute atomic E-state index is 12.5. The lowest BCUT2D eigenvalue weighted by Gasteiger charge is -2.28. The molecule has 2 aromatic carbocycles. The fourth-order valence-electron chi connectivity index (χ4n) is 3.55. The number of hydrogen-bond acceptors (Lipinski definition) is 5. The topological polar surface area (TPSA) is 81.0 Å². The average molecular weight is 397 g/mol. The van der Waals surface area contributed by atoms with Crippen LogP contribution in [0.15, 0.2) is 66.9 Å². The van der Waals surface area contributed by atoms with Crippen molar-refractivity contribution in [3.8, 4) is 6.07 Å². The molecule has 2 heterocycles. The molecule has 0 radical (unpaired) electrons. The lowest BCUT2D eigenvalue weighted by molar-refractivity contribution is 0.102. The molecule has 6 nitrogen and oxygen atoms in total. The highest BCUT2D eigenvalue weighted by atomic mass is 16.1. The van der Waals surface area contributed by atoms with E-state index in [9.17, 15) is 10.1 Å². The van der Waals surface area contributed by atoms with Gasteiger partial charge in [0.25, 0.3) is 5.91 Å². The van der Waals surface area contributed by atoms with E-state index in [1.165, 1.54) is 24.9 Å². The Hall–Kier alpha value is -3.85. The van der Waals surface area contributed by atoms with Gasteiger partial charge in [-0.05, 0) is 67.8 Å². The van der Waals surface area contributed by atoms with Crippen LogP contribution in [0.1, 0.15) is 35.3 Å². The second-order valence-corrected chi connectivity index (χ2v) is 7.26. The van der Waals surface area contributed by atoms with E-state index in [0.717, 1.165) is 18.8 Å². The fourth-order valence-corrected chi connectivity index (χ4v) is 3.55. The zero-order chi connectivity index (χ0) is 20.8. The minimum atomic E-state index is -0.260. The van der Waals surface area contributed by atoms with E-state index in [2.05, 4.69) is 26.6 Å². The second kappa shape index (κ2) is 9.10. The predicted octanol–water partition coefficient (Wildman–Crippen LogP) is 4.94. The van der Waals surface area contributed by atoms with Gasteiger partial charge in [0, 0.05) is 24.5 Å². The zero-order valence-corrected chi connectivity index (χ0v) is 16.6. The van der Waals surface area contributed by atoms with Crippen LogP contribution in [0.3, 0.4) is 0 Å². The van der Waals surface area contributed by atoms with Gasteiger partial charge in [-0.3, -0.25) is 4.79 Å². The van der Waals surface area contributed by atoms with Crippen molar-refractivity contribution in [2.45, 2.75) is 19.3 Å². The highest BCUT2D eigenvalue weighted by Crippen LogP contribution is 2.23. The van der Waals surface area contributed by atoms with E-state index >= 15 is 0 Å². The minimum Gasteiger partial charge on any atom is -0.372 e. The number of carbonyl (C=O) groups excluding carboxylic acids is 1. The van der Waals surface area contributed by atoms with Crippen LogP contribution in [-0.4, -0.2) is 24.0 Å². The lowest BCUT2D eigenvalue weighted by Crippen LogP contribution is -2.29. The number of nitrogens with one attached hydrogen (secondary N) is 2. The number of para-hydroxylation sites is 1. The fraction of sp³-hybridized carbons (Fsp3) is 0.208. The van der Waals surface area contributed by atoms with E-state index in [4.69, 9.17) is 0 Å². The summed E-state index contributed by atoms with van der Waals surface area (Å²) >= 11 is 0. The summed E-state index contributed by atoms with van der Waals surface area (Å²) in [6, 6.07) is 20.8. The molecule has 3 aromatic rings. The molecular formula is C24H23N5O. The third-order valence-electron chi connectivity index (χ3n) is 5.17. The lowest BCUT2D eigenvalue weighted by atomic mass is 10.1. The van der Waals surface area contributed by atoms with Gasteiger partial charge in [0.1, 0.15) is 11.8 Å². The van der Waals surface area contributed by atoms with Crippen LogP contribution in [0.25, 0.3) is 0 Å². The number of amides is 1. The molecule has 0 bridgehead atoms. The number of hydrogen-bond donors (Lipinski definition) is 2. The number of rotatable bonds is 5. The van der Waals surface area contributed by atoms with Crippen LogP contribution in [0, 0.1) is 11.3 Å². The number of carbonyl (C=O) groups is 1. The van der Waals surface area contributed by atoms with E-state index in [0.29, 0.717) is 22.6 Å². The molecule has 0 atom stereocenters. The summed E-state index contributed by atoms with van der Waals surface area (Å²) in [6.45, 7) is 2.18. The molecule has 1 fully saturated rings. The first kappa shape index (κ1) is 19.5. The second-order valence-electron chi connectivity index (χ2n) is 7.26. The van der Waals surface area contributed by atoms with Crippen LogP contribution < -0.4 is 15.5 Å². The molecule has 150 valence electrons. The van der Waals surface area contributed by atoms with Gasteiger partial charge in [-0.1, -0.05) is 12.1 Å². The van der Waals surface area contributed by atoms with Crippen molar-refractivity contribution < 1.29 is 4.79 Å². The highest BCUT2D eigenvalue weighted by molar-refractivity contribution is 6.03. The van der Waals surface area contributed by atoms with E-state index in [1.54, 1.807) is 24.4 Å². The molecule has 2 N–H and O–H groups in total. The largest absolute Gasteiger partial charge is 0.372 e. The van der Waals surface area contributed by atoms with Gasteiger partial charge in [0.15, 0.2) is 0 Å². The standard InChI is InChI=1S/C24H23N5O/c25-16-18-6-2-3-7-22(18)27-20-10-13-23(26-17-20)24(30)28-19-8-11-21(12-9-19)29-14-4-1-5-15-29/h2-3,6-13,17,27H,1,4-5,14-15H2,(H,28,30). The molecule has 4 rings (SSSR count). The molecule has 0 spiro atoms. The van der Waals surface area contributed by atoms with Gasteiger partial charge in [-0.2, -0.15) is 5.26 Å². The number of benzene rings is 2. The molecule has 1 saturated heterocycles. The molecule has 30 heavy (non-hydrogen) atoms. The summed E-state index contributed by atoms with van der Waals surface area (Å²) in [5.74, 6) is -0.260. The zero-order valence-electron chi connectivity index (χ0n) is 16.6. The van der Waals surface area contributed by atoms with Gasteiger partial charge in [0.05, 0.1) is 23.1 Å². The minimum absolute atomic E-state index is 0.260. The molecule has 1 aromatic heterocycles. The number of aromatic nitrogens is 1. The first-order chi connectivity index (χ1) is 14.7. The van der Waals surface area contributed by atoms with Crippen molar-refractivity contribution in [1.82, 2.24) is 4.98 Å². The Morgan fingerprint density at radius 3 is 2.37 bits per heavy atom. The average Bonchev–Trinajstić information content (AvgIpc) is 2.81. The number of piperidine rings is 1. The van der Waals surface area contributed by atoms with Gasteiger partial charge in [-0.15, -0.1) is 0 Å². The Morgan fingerprint density at radius 2 is 1.67 bits per heavy atom.